The van der Waals surface area contributed by atoms with Crippen molar-refractivity contribution in [1.82, 2.24) is 24.2 Å². The third-order valence-electron chi connectivity index (χ3n) is 8.30. The summed E-state index contributed by atoms with van der Waals surface area (Å²) in [5.74, 6) is 1.06. The molecule has 0 saturated heterocycles. The van der Waals surface area contributed by atoms with Crippen molar-refractivity contribution in [1.29, 1.82) is 0 Å². The van der Waals surface area contributed by atoms with Gasteiger partial charge in [-0.15, -0.1) is 0 Å². The second-order valence-corrected chi connectivity index (χ2v) is 12.7. The highest BCUT2D eigenvalue weighted by Crippen LogP contribution is 2.36. The summed E-state index contributed by atoms with van der Waals surface area (Å²) in [4.78, 5) is 34.1. The van der Waals surface area contributed by atoms with Crippen molar-refractivity contribution in [3.05, 3.63) is 97.1 Å². The van der Waals surface area contributed by atoms with Crippen molar-refractivity contribution < 1.29 is 22.7 Å². The number of benzene rings is 2. The van der Waals surface area contributed by atoms with Gasteiger partial charge in [0.2, 0.25) is 5.95 Å². The Kier molecular flexibility index (Phi) is 7.67. The van der Waals surface area contributed by atoms with Gasteiger partial charge in [0, 0.05) is 27.3 Å². The number of ether oxygens (including phenoxy) is 1. The van der Waals surface area contributed by atoms with E-state index in [9.17, 15) is 22.8 Å². The second kappa shape index (κ2) is 11.2. The summed E-state index contributed by atoms with van der Waals surface area (Å²) >= 11 is 2.93. The largest absolute Gasteiger partial charge is 0.490 e. The number of hydrogen-bond acceptors (Lipinski definition) is 5. The first-order chi connectivity index (χ1) is 20.8. The van der Waals surface area contributed by atoms with Crippen LogP contribution in [0.3, 0.4) is 0 Å². The number of rotatable bonds is 5. The second-order valence-electron chi connectivity index (χ2n) is 11.8. The number of amides is 1. The molecule has 0 radical (unpaired) electrons. The standard InChI is InChI=1S/C32H31BrF3N5O3/c1-17-11-24(12-17)44-23-8-6-22(7-9-23)40-30(43)25-14-19(3)39(16-28(25)37-31(40)41-20(4)13-18(2)38-41)29(42)21-5-10-27(33)26(15-21)32(34,35)36/h5-10,13,15,17,19,24H,11-12,14,16H2,1-4H3/t17-,19-,24-/m1/s1. The number of hydrogen-bond donors (Lipinski definition) is 0. The molecule has 1 amide bonds. The fourth-order valence-electron chi connectivity index (χ4n) is 5.96. The molecule has 1 aliphatic heterocycles. The average Bonchev–Trinajstić information content (AvgIpc) is 3.29. The lowest BCUT2D eigenvalue weighted by atomic mass is 9.84. The van der Waals surface area contributed by atoms with Crippen LogP contribution in [-0.4, -0.2) is 42.3 Å². The van der Waals surface area contributed by atoms with Crippen LogP contribution >= 0.6 is 15.9 Å². The molecule has 230 valence electrons. The highest BCUT2D eigenvalue weighted by molar-refractivity contribution is 9.10. The molecule has 0 bridgehead atoms. The van der Waals surface area contributed by atoms with E-state index in [2.05, 4.69) is 28.0 Å². The number of carbonyl (C=O) groups is 1. The summed E-state index contributed by atoms with van der Waals surface area (Å²) in [6.45, 7) is 7.63. The van der Waals surface area contributed by atoms with E-state index >= 15 is 0 Å². The molecular weight excluding hydrogens is 639 g/mol. The van der Waals surface area contributed by atoms with Gasteiger partial charge in [-0.3, -0.25) is 9.59 Å². The van der Waals surface area contributed by atoms with Gasteiger partial charge < -0.3 is 9.64 Å². The Hall–Kier alpha value is -3.93. The lowest BCUT2D eigenvalue weighted by Crippen LogP contribution is -2.46. The molecule has 4 aromatic rings. The van der Waals surface area contributed by atoms with Crippen LogP contribution in [0.4, 0.5) is 13.2 Å². The molecular formula is C32H31BrF3N5O3. The number of nitrogens with zero attached hydrogens (tertiary/aromatic N) is 5. The van der Waals surface area contributed by atoms with Crippen molar-refractivity contribution in [3.8, 4) is 17.4 Å². The Bertz CT molecular complexity index is 1810. The lowest BCUT2D eigenvalue weighted by Gasteiger charge is -2.35. The summed E-state index contributed by atoms with van der Waals surface area (Å²) in [5.41, 5.74) is 1.59. The van der Waals surface area contributed by atoms with E-state index in [1.54, 1.807) is 11.6 Å². The number of aryl methyl sites for hydroxylation is 2. The van der Waals surface area contributed by atoms with Gasteiger partial charge in [-0.25, -0.2) is 14.2 Å². The summed E-state index contributed by atoms with van der Waals surface area (Å²) < 4.78 is 49.7. The number of alkyl halides is 3. The van der Waals surface area contributed by atoms with Gasteiger partial charge in [-0.2, -0.15) is 18.3 Å². The van der Waals surface area contributed by atoms with Crippen molar-refractivity contribution in [2.24, 2.45) is 5.92 Å². The molecule has 44 heavy (non-hydrogen) atoms. The normalized spacial score (nSPS) is 19.8. The van der Waals surface area contributed by atoms with E-state index in [1.807, 2.05) is 44.2 Å². The number of carbonyl (C=O) groups excluding carboxylic acids is 1. The van der Waals surface area contributed by atoms with Crippen molar-refractivity contribution in [3.63, 3.8) is 0 Å². The molecule has 1 atom stereocenters. The SMILES string of the molecule is Cc1cc(C)n(-c2nc3c(c(=O)n2-c2ccc(O[C@H]4C[C@H](C)C4)cc2)C[C@@H](C)N(C(=O)c2ccc(Br)c(C(F)(F)F)c2)C3)n1. The minimum Gasteiger partial charge on any atom is -0.490 e. The lowest BCUT2D eigenvalue weighted by molar-refractivity contribution is -0.138. The maximum absolute atomic E-state index is 14.2. The Morgan fingerprint density at radius 2 is 1.75 bits per heavy atom. The Morgan fingerprint density at radius 1 is 1.05 bits per heavy atom. The quantitative estimate of drug-likeness (QED) is 0.240. The molecule has 2 aliphatic rings. The maximum Gasteiger partial charge on any atom is 0.417 e. The molecule has 0 spiro atoms. The van der Waals surface area contributed by atoms with E-state index in [1.165, 1.54) is 21.6 Å². The molecule has 1 fully saturated rings. The third kappa shape index (κ3) is 5.55. The van der Waals surface area contributed by atoms with Crippen molar-refractivity contribution >= 4 is 21.8 Å². The zero-order valence-corrected chi connectivity index (χ0v) is 26.2. The van der Waals surface area contributed by atoms with Gasteiger partial charge in [-0.05, 0) is 94.5 Å². The maximum atomic E-state index is 14.2. The molecule has 0 N–H and O–H groups in total. The minimum absolute atomic E-state index is 0.0400. The summed E-state index contributed by atoms with van der Waals surface area (Å²) in [5, 5.41) is 4.58. The predicted molar refractivity (Wildman–Crippen MR) is 161 cm³/mol. The van der Waals surface area contributed by atoms with E-state index < -0.39 is 23.7 Å². The first-order valence-electron chi connectivity index (χ1n) is 14.4. The third-order valence-corrected chi connectivity index (χ3v) is 8.99. The molecule has 12 heteroatoms. The van der Waals surface area contributed by atoms with Crippen LogP contribution in [0.15, 0.2) is 57.8 Å². The van der Waals surface area contributed by atoms with E-state index in [0.29, 0.717) is 22.9 Å². The monoisotopic (exact) mass is 669 g/mol. The van der Waals surface area contributed by atoms with E-state index in [0.717, 1.165) is 36.0 Å². The Labute approximate surface area is 260 Å². The van der Waals surface area contributed by atoms with Crippen LogP contribution in [0.1, 0.15) is 65.3 Å². The number of halogens is 4. The topological polar surface area (TPSA) is 82.2 Å². The van der Waals surface area contributed by atoms with Gasteiger partial charge in [0.25, 0.3) is 11.5 Å². The van der Waals surface area contributed by atoms with Crippen molar-refractivity contribution in [2.45, 2.75) is 71.8 Å². The van der Waals surface area contributed by atoms with E-state index in [-0.39, 0.29) is 40.6 Å². The fraction of sp³-hybridized carbons (Fsp3) is 0.375. The van der Waals surface area contributed by atoms with Gasteiger partial charge >= 0.3 is 6.18 Å². The van der Waals surface area contributed by atoms with Gasteiger partial charge in [-0.1, -0.05) is 22.9 Å². The van der Waals surface area contributed by atoms with Crippen LogP contribution in [0, 0.1) is 19.8 Å². The highest BCUT2D eigenvalue weighted by Gasteiger charge is 2.36. The van der Waals surface area contributed by atoms with Crippen molar-refractivity contribution in [2.75, 3.05) is 0 Å². The molecule has 1 saturated carbocycles. The summed E-state index contributed by atoms with van der Waals surface area (Å²) in [6, 6.07) is 12.1. The zero-order chi connectivity index (χ0) is 31.5. The first-order valence-corrected chi connectivity index (χ1v) is 15.2. The van der Waals surface area contributed by atoms with Gasteiger partial charge in [0.1, 0.15) is 5.75 Å². The van der Waals surface area contributed by atoms with E-state index in [4.69, 9.17) is 9.72 Å². The molecule has 1 aliphatic carbocycles. The summed E-state index contributed by atoms with van der Waals surface area (Å²) in [7, 11) is 0. The molecule has 2 aromatic heterocycles. The summed E-state index contributed by atoms with van der Waals surface area (Å²) in [6.07, 6.45) is -2.22. The number of aromatic nitrogens is 4. The van der Waals surface area contributed by atoms with Crippen LogP contribution in [0.2, 0.25) is 0 Å². The minimum atomic E-state index is -4.63. The van der Waals surface area contributed by atoms with Crippen LogP contribution in [0.25, 0.3) is 11.6 Å². The van der Waals surface area contributed by atoms with Gasteiger partial charge in [0.05, 0.1) is 35.3 Å². The molecule has 2 aromatic carbocycles. The van der Waals surface area contributed by atoms with Crippen LogP contribution < -0.4 is 10.3 Å². The predicted octanol–water partition coefficient (Wildman–Crippen LogP) is 6.58. The molecule has 3 heterocycles. The van der Waals surface area contributed by atoms with Crippen LogP contribution in [-0.2, 0) is 19.1 Å². The average molecular weight is 671 g/mol. The first kappa shape index (κ1) is 30.1. The zero-order valence-electron chi connectivity index (χ0n) is 24.7. The fourth-order valence-corrected chi connectivity index (χ4v) is 6.43. The Morgan fingerprint density at radius 3 is 2.36 bits per heavy atom. The highest BCUT2D eigenvalue weighted by atomic mass is 79.9. The smallest absolute Gasteiger partial charge is 0.417 e. The molecule has 8 nitrogen and oxygen atoms in total. The van der Waals surface area contributed by atoms with Gasteiger partial charge in [0.15, 0.2) is 0 Å². The molecule has 0 unspecified atom stereocenters. The Balaban J connectivity index is 1.39. The molecule has 6 rings (SSSR count). The van der Waals surface area contributed by atoms with Crippen LogP contribution in [0.5, 0.6) is 5.75 Å². The number of fused-ring (bicyclic) bond motifs is 1.